The summed E-state index contributed by atoms with van der Waals surface area (Å²) in [6.07, 6.45) is 1.73. The number of halogens is 2. The van der Waals surface area contributed by atoms with Gasteiger partial charge in [0.1, 0.15) is 0 Å². The lowest BCUT2D eigenvalue weighted by atomic mass is 10.1. The topological polar surface area (TPSA) is 85.8 Å². The Labute approximate surface area is 216 Å². The number of carbonyl (C=O) groups is 2. The average molecular weight is 591 g/mol. The lowest BCUT2D eigenvalue weighted by Crippen LogP contribution is -2.49. The first kappa shape index (κ1) is 24.6. The molecule has 176 valence electrons. The van der Waals surface area contributed by atoms with E-state index in [0.29, 0.717) is 36.4 Å². The molecule has 0 spiro atoms. The Morgan fingerprint density at radius 3 is 2.53 bits per heavy atom. The minimum absolute atomic E-state index is 0.111. The molecule has 2 aromatic carbocycles. The largest absolute Gasteiger partial charge is 0.395 e. The number of carbonyl (C=O) groups excluding carboxylic acids is 2. The number of anilines is 1. The first-order valence-corrected chi connectivity index (χ1v) is 12.4. The Morgan fingerprint density at radius 2 is 1.85 bits per heavy atom. The van der Waals surface area contributed by atoms with Crippen molar-refractivity contribution in [2.75, 3.05) is 44.6 Å². The van der Waals surface area contributed by atoms with Crippen molar-refractivity contribution in [1.29, 1.82) is 0 Å². The van der Waals surface area contributed by atoms with Gasteiger partial charge < -0.3 is 15.3 Å². The fraction of sp³-hybridized carbons (Fsp3) is 0.240. The lowest BCUT2D eigenvalue weighted by Gasteiger charge is -2.34. The molecule has 2 heterocycles. The summed E-state index contributed by atoms with van der Waals surface area (Å²) < 4.78 is 1.02. The third-order valence-corrected chi connectivity index (χ3v) is 6.95. The van der Waals surface area contributed by atoms with E-state index in [0.717, 1.165) is 27.9 Å². The van der Waals surface area contributed by atoms with Gasteiger partial charge in [-0.05, 0) is 71.1 Å². The smallest absolute Gasteiger partial charge is 0.257 e. The highest BCUT2D eigenvalue weighted by atomic mass is 127. The number of rotatable bonds is 6. The van der Waals surface area contributed by atoms with Crippen molar-refractivity contribution >= 4 is 51.7 Å². The number of hydrogen-bond donors (Lipinski definition) is 2. The van der Waals surface area contributed by atoms with E-state index in [2.05, 4.69) is 37.8 Å². The number of nitrogens with one attached hydrogen (secondary N) is 1. The summed E-state index contributed by atoms with van der Waals surface area (Å²) in [5, 5.41) is 12.2. The summed E-state index contributed by atoms with van der Waals surface area (Å²) in [6, 6.07) is 16.1. The summed E-state index contributed by atoms with van der Waals surface area (Å²) in [5.74, 6) is -0.468. The van der Waals surface area contributed by atoms with Crippen molar-refractivity contribution in [2.24, 2.45) is 0 Å². The highest BCUT2D eigenvalue weighted by Crippen LogP contribution is 2.28. The maximum Gasteiger partial charge on any atom is 0.257 e. The summed E-state index contributed by atoms with van der Waals surface area (Å²) in [5.41, 5.74) is 3.11. The zero-order valence-corrected chi connectivity index (χ0v) is 21.3. The molecular formula is C25H24ClIN4O3. The van der Waals surface area contributed by atoms with E-state index in [1.807, 2.05) is 36.4 Å². The molecule has 0 bridgehead atoms. The van der Waals surface area contributed by atoms with Gasteiger partial charge in [0, 0.05) is 59.3 Å². The predicted octanol–water partition coefficient (Wildman–Crippen LogP) is 4.01. The molecule has 0 atom stereocenters. The number of hydrogen-bond acceptors (Lipinski definition) is 5. The molecule has 0 aliphatic carbocycles. The van der Waals surface area contributed by atoms with E-state index in [4.69, 9.17) is 16.7 Å². The monoisotopic (exact) mass is 590 g/mol. The molecule has 4 rings (SSSR count). The van der Waals surface area contributed by atoms with Crippen molar-refractivity contribution in [3.8, 4) is 11.3 Å². The third-order valence-electron chi connectivity index (χ3n) is 5.70. The number of β-amino-alcohol motifs (C(OH)–C–C–N with tert-alkyl or cyclic N) is 1. The molecule has 1 aromatic heterocycles. The number of amides is 2. The normalized spacial score (nSPS) is 14.1. The first-order chi connectivity index (χ1) is 16.5. The minimum atomic E-state index is -0.352. The van der Waals surface area contributed by atoms with Crippen molar-refractivity contribution < 1.29 is 14.7 Å². The van der Waals surface area contributed by atoms with Gasteiger partial charge in [0.15, 0.2) is 0 Å². The van der Waals surface area contributed by atoms with Crippen LogP contribution in [0.25, 0.3) is 11.3 Å². The number of aliphatic hydroxyl groups is 1. The van der Waals surface area contributed by atoms with Crippen LogP contribution in [0.3, 0.4) is 0 Å². The molecule has 2 N–H and O–H groups in total. The van der Waals surface area contributed by atoms with E-state index in [9.17, 15) is 9.59 Å². The molecule has 1 saturated heterocycles. The molecule has 1 aliphatic rings. The van der Waals surface area contributed by atoms with Crippen LogP contribution in [0.5, 0.6) is 0 Å². The van der Waals surface area contributed by atoms with Crippen LogP contribution in [0.15, 0.2) is 60.8 Å². The van der Waals surface area contributed by atoms with Crippen LogP contribution in [0, 0.1) is 3.57 Å². The molecular weight excluding hydrogens is 567 g/mol. The maximum atomic E-state index is 12.9. The van der Waals surface area contributed by atoms with Crippen molar-refractivity contribution in [2.45, 2.75) is 0 Å². The Bertz CT molecular complexity index is 1180. The van der Waals surface area contributed by atoms with E-state index >= 15 is 0 Å². The Hall–Kier alpha value is -2.53. The number of pyridine rings is 1. The van der Waals surface area contributed by atoms with Crippen LogP contribution in [-0.2, 0) is 0 Å². The third kappa shape index (κ3) is 5.75. The quantitative estimate of drug-likeness (QED) is 0.424. The number of nitrogens with zero attached hydrogens (tertiary/aromatic N) is 3. The van der Waals surface area contributed by atoms with Crippen LogP contribution in [0.2, 0.25) is 5.02 Å². The van der Waals surface area contributed by atoms with Gasteiger partial charge >= 0.3 is 0 Å². The van der Waals surface area contributed by atoms with E-state index in [1.165, 1.54) is 0 Å². The molecule has 1 aliphatic heterocycles. The van der Waals surface area contributed by atoms with Crippen LogP contribution in [0.1, 0.15) is 20.7 Å². The van der Waals surface area contributed by atoms with Gasteiger partial charge in [0.2, 0.25) is 0 Å². The zero-order chi connectivity index (χ0) is 24.1. The SMILES string of the molecule is O=C(Nc1ccc(I)c(-c2ccccn2)c1)c1ccc(C(=O)N2CCN(CCO)CC2)cc1Cl. The van der Waals surface area contributed by atoms with Crippen LogP contribution < -0.4 is 5.32 Å². The second-order valence-corrected chi connectivity index (χ2v) is 9.49. The van der Waals surface area contributed by atoms with Gasteiger partial charge in [0.05, 0.1) is 22.9 Å². The van der Waals surface area contributed by atoms with Gasteiger partial charge in [-0.3, -0.25) is 19.5 Å². The van der Waals surface area contributed by atoms with Gasteiger partial charge in [-0.2, -0.15) is 0 Å². The summed E-state index contributed by atoms with van der Waals surface area (Å²) in [7, 11) is 0. The fourth-order valence-electron chi connectivity index (χ4n) is 3.85. The number of piperazine rings is 1. The second kappa shape index (κ2) is 11.3. The number of benzene rings is 2. The average Bonchev–Trinajstić information content (AvgIpc) is 2.86. The van der Waals surface area contributed by atoms with Crippen molar-refractivity contribution in [1.82, 2.24) is 14.8 Å². The molecule has 34 heavy (non-hydrogen) atoms. The second-order valence-electron chi connectivity index (χ2n) is 7.92. The van der Waals surface area contributed by atoms with Gasteiger partial charge in [-0.15, -0.1) is 0 Å². The van der Waals surface area contributed by atoms with E-state index in [1.54, 1.807) is 29.3 Å². The standard InChI is InChI=1S/C25H24ClIN4O3/c26-21-15-17(25(34)31-11-9-30(10-12-31)13-14-32)4-6-19(21)24(33)29-18-5-7-22(27)20(16-18)23-3-1-2-8-28-23/h1-8,15-16,32H,9-14H2,(H,29,33). The molecule has 0 saturated carbocycles. The Kier molecular flexibility index (Phi) is 8.15. The predicted molar refractivity (Wildman–Crippen MR) is 141 cm³/mol. The van der Waals surface area contributed by atoms with Crippen LogP contribution in [-0.4, -0.2) is 71.0 Å². The van der Waals surface area contributed by atoms with E-state index < -0.39 is 0 Å². The highest BCUT2D eigenvalue weighted by molar-refractivity contribution is 14.1. The molecule has 0 radical (unpaired) electrons. The van der Waals surface area contributed by atoms with Crippen LogP contribution >= 0.6 is 34.2 Å². The molecule has 2 amide bonds. The van der Waals surface area contributed by atoms with Crippen molar-refractivity contribution in [3.05, 3.63) is 80.5 Å². The Morgan fingerprint density at radius 1 is 1.06 bits per heavy atom. The molecule has 1 fully saturated rings. The molecule has 9 heteroatoms. The maximum absolute atomic E-state index is 12.9. The summed E-state index contributed by atoms with van der Waals surface area (Å²) in [4.78, 5) is 34.1. The molecule has 3 aromatic rings. The van der Waals surface area contributed by atoms with Gasteiger partial charge in [-0.1, -0.05) is 17.7 Å². The molecule has 0 unspecified atom stereocenters. The zero-order valence-electron chi connectivity index (χ0n) is 18.4. The molecule has 7 nitrogen and oxygen atoms in total. The summed E-state index contributed by atoms with van der Waals surface area (Å²) in [6.45, 7) is 3.34. The van der Waals surface area contributed by atoms with Crippen molar-refractivity contribution in [3.63, 3.8) is 0 Å². The first-order valence-electron chi connectivity index (χ1n) is 10.9. The minimum Gasteiger partial charge on any atom is -0.395 e. The van der Waals surface area contributed by atoms with Gasteiger partial charge in [-0.25, -0.2) is 0 Å². The van der Waals surface area contributed by atoms with Gasteiger partial charge in [0.25, 0.3) is 11.8 Å². The lowest BCUT2D eigenvalue weighted by molar-refractivity contribution is 0.0614. The van der Waals surface area contributed by atoms with Crippen LogP contribution in [0.4, 0.5) is 5.69 Å². The Balaban J connectivity index is 1.45. The number of aromatic nitrogens is 1. The fourth-order valence-corrected chi connectivity index (χ4v) is 4.73. The highest BCUT2D eigenvalue weighted by Gasteiger charge is 2.23. The summed E-state index contributed by atoms with van der Waals surface area (Å²) >= 11 is 8.65. The number of aliphatic hydroxyl groups excluding tert-OH is 1. The van der Waals surface area contributed by atoms with E-state index in [-0.39, 0.29) is 23.4 Å².